The lowest BCUT2D eigenvalue weighted by atomic mass is 9.90. The number of rotatable bonds is 7. The van der Waals surface area contributed by atoms with Gasteiger partial charge in [0.05, 0.1) is 13.3 Å². The minimum absolute atomic E-state index is 0.0467. The Hall–Kier alpha value is -2.82. The second-order valence-electron chi connectivity index (χ2n) is 8.25. The molecule has 0 unspecified atom stereocenters. The first-order chi connectivity index (χ1) is 14.1. The number of nitrogens with zero attached hydrogens (tertiary/aromatic N) is 1. The average molecular weight is 392 g/mol. The van der Waals surface area contributed by atoms with Gasteiger partial charge in [0.2, 0.25) is 5.91 Å². The van der Waals surface area contributed by atoms with Crippen LogP contribution in [0.3, 0.4) is 0 Å². The van der Waals surface area contributed by atoms with Crippen molar-refractivity contribution in [3.63, 3.8) is 0 Å². The highest BCUT2D eigenvalue weighted by molar-refractivity contribution is 5.86. The standard InChI is InChI=1S/C24H28N2O3/c1-24-13-7-6-10-19(24)22(24)23(27)26-25-15-18-11-12-20(21(14-18)28-2)29-16-17-8-4-3-5-9-17/h3-5,8-9,11-12,14-15,19,22H,6-7,10,13,16H2,1-2H3,(H,26,27)/b25-15+/t19-,22-,24+/m0/s1. The predicted molar refractivity (Wildman–Crippen MR) is 113 cm³/mol. The number of methoxy groups -OCH3 is 1. The summed E-state index contributed by atoms with van der Waals surface area (Å²) in [4.78, 5) is 12.5. The van der Waals surface area contributed by atoms with Crippen molar-refractivity contribution in [1.29, 1.82) is 0 Å². The molecule has 2 aromatic rings. The Balaban J connectivity index is 1.34. The zero-order valence-electron chi connectivity index (χ0n) is 17.1. The molecule has 152 valence electrons. The van der Waals surface area contributed by atoms with Gasteiger partial charge in [-0.25, -0.2) is 5.43 Å². The van der Waals surface area contributed by atoms with E-state index in [1.54, 1.807) is 13.3 Å². The Morgan fingerprint density at radius 1 is 1.21 bits per heavy atom. The van der Waals surface area contributed by atoms with E-state index in [1.807, 2.05) is 48.5 Å². The van der Waals surface area contributed by atoms with Crippen LogP contribution in [0.1, 0.15) is 43.7 Å². The van der Waals surface area contributed by atoms with Gasteiger partial charge in [-0.05, 0) is 53.5 Å². The van der Waals surface area contributed by atoms with Gasteiger partial charge in [-0.3, -0.25) is 4.79 Å². The van der Waals surface area contributed by atoms with Crippen molar-refractivity contribution in [1.82, 2.24) is 5.43 Å². The first-order valence-corrected chi connectivity index (χ1v) is 10.3. The van der Waals surface area contributed by atoms with Crippen molar-refractivity contribution >= 4 is 12.1 Å². The monoisotopic (exact) mass is 392 g/mol. The van der Waals surface area contributed by atoms with Crippen LogP contribution in [0.25, 0.3) is 0 Å². The number of amides is 1. The average Bonchev–Trinajstić information content (AvgIpc) is 3.38. The molecule has 0 heterocycles. The summed E-state index contributed by atoms with van der Waals surface area (Å²) in [5, 5.41) is 4.17. The normalized spacial score (nSPS) is 25.3. The summed E-state index contributed by atoms with van der Waals surface area (Å²) in [5.74, 6) is 2.01. The number of hydrogen-bond acceptors (Lipinski definition) is 4. The summed E-state index contributed by atoms with van der Waals surface area (Å²) in [6, 6.07) is 15.6. The Labute approximate surface area is 172 Å². The van der Waals surface area contributed by atoms with E-state index in [1.165, 1.54) is 19.3 Å². The van der Waals surface area contributed by atoms with Crippen molar-refractivity contribution in [2.45, 2.75) is 39.2 Å². The van der Waals surface area contributed by atoms with Gasteiger partial charge in [0.1, 0.15) is 6.61 Å². The van der Waals surface area contributed by atoms with Gasteiger partial charge in [0.15, 0.2) is 11.5 Å². The van der Waals surface area contributed by atoms with Crippen LogP contribution in [0.2, 0.25) is 0 Å². The van der Waals surface area contributed by atoms with Gasteiger partial charge >= 0.3 is 0 Å². The van der Waals surface area contributed by atoms with E-state index < -0.39 is 0 Å². The molecule has 0 aromatic heterocycles. The highest BCUT2D eigenvalue weighted by Gasteiger charge is 2.64. The Morgan fingerprint density at radius 2 is 2.03 bits per heavy atom. The number of ether oxygens (including phenoxy) is 2. The minimum atomic E-state index is 0.0467. The molecule has 2 aliphatic rings. The molecule has 2 fully saturated rings. The van der Waals surface area contributed by atoms with Crippen LogP contribution in [0.5, 0.6) is 11.5 Å². The number of carbonyl (C=O) groups is 1. The quantitative estimate of drug-likeness (QED) is 0.555. The van der Waals surface area contributed by atoms with E-state index in [0.717, 1.165) is 17.5 Å². The summed E-state index contributed by atoms with van der Waals surface area (Å²) in [5.41, 5.74) is 4.86. The lowest BCUT2D eigenvalue weighted by molar-refractivity contribution is -0.123. The molecular formula is C24H28N2O3. The fraction of sp³-hybridized carbons (Fsp3) is 0.417. The molecule has 5 nitrogen and oxygen atoms in total. The van der Waals surface area contributed by atoms with Crippen LogP contribution in [0, 0.1) is 17.3 Å². The Bertz CT molecular complexity index is 896. The maximum atomic E-state index is 12.5. The highest BCUT2D eigenvalue weighted by Crippen LogP contribution is 2.66. The third kappa shape index (κ3) is 4.14. The number of nitrogens with one attached hydrogen (secondary N) is 1. The van der Waals surface area contributed by atoms with Gasteiger partial charge in [-0.15, -0.1) is 0 Å². The lowest BCUT2D eigenvalue weighted by Crippen LogP contribution is -2.22. The summed E-state index contributed by atoms with van der Waals surface area (Å²) in [6.07, 6.45) is 6.45. The molecule has 4 rings (SSSR count). The highest BCUT2D eigenvalue weighted by atomic mass is 16.5. The number of hydrazone groups is 1. The van der Waals surface area contributed by atoms with Crippen LogP contribution in [-0.4, -0.2) is 19.2 Å². The van der Waals surface area contributed by atoms with Gasteiger partial charge in [0, 0.05) is 5.92 Å². The lowest BCUT2D eigenvalue weighted by Gasteiger charge is -2.15. The second-order valence-corrected chi connectivity index (χ2v) is 8.25. The van der Waals surface area contributed by atoms with E-state index in [9.17, 15) is 4.79 Å². The van der Waals surface area contributed by atoms with Gasteiger partial charge < -0.3 is 9.47 Å². The zero-order valence-corrected chi connectivity index (χ0v) is 17.1. The topological polar surface area (TPSA) is 59.9 Å². The molecule has 2 saturated carbocycles. The first-order valence-electron chi connectivity index (χ1n) is 10.3. The largest absolute Gasteiger partial charge is 0.493 e. The van der Waals surface area contributed by atoms with Gasteiger partial charge in [-0.2, -0.15) is 5.10 Å². The fourth-order valence-corrected chi connectivity index (χ4v) is 4.71. The summed E-state index contributed by atoms with van der Waals surface area (Å²) in [6.45, 7) is 2.71. The number of hydrogen-bond donors (Lipinski definition) is 1. The summed E-state index contributed by atoms with van der Waals surface area (Å²) < 4.78 is 11.3. The molecule has 3 atom stereocenters. The van der Waals surface area contributed by atoms with E-state index in [0.29, 0.717) is 24.0 Å². The smallest absolute Gasteiger partial charge is 0.244 e. The van der Waals surface area contributed by atoms with Crippen LogP contribution >= 0.6 is 0 Å². The van der Waals surface area contributed by atoms with E-state index >= 15 is 0 Å². The molecule has 2 aliphatic carbocycles. The molecule has 1 amide bonds. The SMILES string of the molecule is COc1cc(/C=N/NC(=O)[C@@H]2[C@@H]3CCCC[C@@]23C)ccc1OCc1ccccc1. The van der Waals surface area contributed by atoms with Gasteiger partial charge in [0.25, 0.3) is 0 Å². The molecule has 0 bridgehead atoms. The predicted octanol–water partition coefficient (Wildman–Crippen LogP) is 4.55. The van der Waals surface area contributed by atoms with E-state index in [2.05, 4.69) is 17.5 Å². The van der Waals surface area contributed by atoms with E-state index in [4.69, 9.17) is 9.47 Å². The van der Waals surface area contributed by atoms with Crippen LogP contribution in [0.4, 0.5) is 0 Å². The van der Waals surface area contributed by atoms with Crippen molar-refractivity contribution in [3.8, 4) is 11.5 Å². The molecular weight excluding hydrogens is 364 g/mol. The molecule has 1 N–H and O–H groups in total. The first kappa shape index (κ1) is 19.5. The Kier molecular flexibility index (Phi) is 5.56. The van der Waals surface area contributed by atoms with Crippen LogP contribution in [0.15, 0.2) is 53.6 Å². The minimum Gasteiger partial charge on any atom is -0.493 e. The summed E-state index contributed by atoms with van der Waals surface area (Å²) >= 11 is 0. The molecule has 0 spiro atoms. The van der Waals surface area contributed by atoms with Crippen LogP contribution in [-0.2, 0) is 11.4 Å². The maximum Gasteiger partial charge on any atom is 0.244 e. The molecule has 0 saturated heterocycles. The maximum absolute atomic E-state index is 12.5. The van der Waals surface area contributed by atoms with E-state index in [-0.39, 0.29) is 17.2 Å². The Morgan fingerprint density at radius 3 is 2.76 bits per heavy atom. The zero-order chi connectivity index (χ0) is 20.3. The van der Waals surface area contributed by atoms with Crippen molar-refractivity contribution in [2.75, 3.05) is 7.11 Å². The fourth-order valence-electron chi connectivity index (χ4n) is 4.71. The van der Waals surface area contributed by atoms with Crippen molar-refractivity contribution in [2.24, 2.45) is 22.4 Å². The van der Waals surface area contributed by atoms with Crippen molar-refractivity contribution in [3.05, 3.63) is 59.7 Å². The summed E-state index contributed by atoms with van der Waals surface area (Å²) in [7, 11) is 1.61. The molecule has 0 aliphatic heterocycles. The third-order valence-electron chi connectivity index (χ3n) is 6.43. The molecule has 0 radical (unpaired) electrons. The third-order valence-corrected chi connectivity index (χ3v) is 6.43. The number of carbonyl (C=O) groups excluding carboxylic acids is 1. The van der Waals surface area contributed by atoms with Crippen molar-refractivity contribution < 1.29 is 14.3 Å². The number of benzene rings is 2. The van der Waals surface area contributed by atoms with Gasteiger partial charge in [-0.1, -0.05) is 50.1 Å². The second kappa shape index (κ2) is 8.27. The molecule has 29 heavy (non-hydrogen) atoms. The number of fused-ring (bicyclic) bond motifs is 1. The van der Waals surface area contributed by atoms with Crippen LogP contribution < -0.4 is 14.9 Å². The molecule has 2 aromatic carbocycles. The molecule has 5 heteroatoms.